The van der Waals surface area contributed by atoms with Crippen molar-refractivity contribution in [1.82, 2.24) is 0 Å². The Hall–Kier alpha value is -3.45. The van der Waals surface area contributed by atoms with E-state index in [1.807, 2.05) is 54.6 Å². The van der Waals surface area contributed by atoms with Crippen LogP contribution in [0.1, 0.15) is 23.7 Å². The lowest BCUT2D eigenvalue weighted by Gasteiger charge is -2.19. The van der Waals surface area contributed by atoms with Crippen molar-refractivity contribution in [2.45, 2.75) is 23.0 Å². The maximum atomic E-state index is 13.4. The highest BCUT2D eigenvalue weighted by atomic mass is 32.2. The van der Waals surface area contributed by atoms with Crippen molar-refractivity contribution < 1.29 is 19.1 Å². The number of benzene rings is 3. The van der Waals surface area contributed by atoms with E-state index in [0.717, 1.165) is 29.0 Å². The number of methoxy groups -OCH3 is 2. The highest BCUT2D eigenvalue weighted by Crippen LogP contribution is 2.39. The highest BCUT2D eigenvalue weighted by Gasteiger charge is 2.29. The van der Waals surface area contributed by atoms with Crippen LogP contribution >= 0.6 is 11.8 Å². The first-order chi connectivity index (χ1) is 16.1. The number of thioether (sulfide) groups is 1. The van der Waals surface area contributed by atoms with E-state index in [9.17, 15) is 9.59 Å². The number of nitrogens with one attached hydrogen (secondary N) is 2. The van der Waals surface area contributed by atoms with Gasteiger partial charge in [-0.2, -0.15) is 0 Å². The molecule has 1 saturated carbocycles. The number of carbonyl (C=O) groups is 2. The SMILES string of the molecule is COc1ccc(OC)c(NC(=O)C(Sc2cccc(NC(=O)C3CC3)c2)c2ccccc2)c1. The maximum absolute atomic E-state index is 13.4. The van der Waals surface area contributed by atoms with Crippen molar-refractivity contribution in [2.75, 3.05) is 24.9 Å². The summed E-state index contributed by atoms with van der Waals surface area (Å²) in [6.45, 7) is 0. The minimum atomic E-state index is -0.517. The molecule has 2 N–H and O–H groups in total. The lowest BCUT2D eigenvalue weighted by Crippen LogP contribution is -2.19. The molecule has 0 aliphatic heterocycles. The number of amides is 2. The van der Waals surface area contributed by atoms with Crippen molar-refractivity contribution in [3.63, 3.8) is 0 Å². The fourth-order valence-electron chi connectivity index (χ4n) is 3.38. The number of anilines is 2. The van der Waals surface area contributed by atoms with Crippen molar-refractivity contribution in [3.8, 4) is 11.5 Å². The van der Waals surface area contributed by atoms with Crippen LogP contribution in [-0.2, 0) is 9.59 Å². The lowest BCUT2D eigenvalue weighted by molar-refractivity contribution is -0.117. The number of ether oxygens (including phenoxy) is 2. The van der Waals surface area contributed by atoms with Crippen LogP contribution in [0.25, 0.3) is 0 Å². The Morgan fingerprint density at radius 2 is 1.70 bits per heavy atom. The van der Waals surface area contributed by atoms with Crippen LogP contribution in [-0.4, -0.2) is 26.0 Å². The minimum absolute atomic E-state index is 0.0552. The van der Waals surface area contributed by atoms with Gasteiger partial charge in [0, 0.05) is 22.6 Å². The zero-order valence-electron chi connectivity index (χ0n) is 18.5. The number of hydrogen-bond acceptors (Lipinski definition) is 5. The quantitative estimate of drug-likeness (QED) is 0.409. The van der Waals surface area contributed by atoms with Crippen LogP contribution in [0.2, 0.25) is 0 Å². The van der Waals surface area contributed by atoms with Crippen LogP contribution in [0.15, 0.2) is 77.7 Å². The summed E-state index contributed by atoms with van der Waals surface area (Å²) in [6, 6.07) is 22.5. The van der Waals surface area contributed by atoms with Crippen LogP contribution < -0.4 is 20.1 Å². The molecule has 7 heteroatoms. The first-order valence-corrected chi connectivity index (χ1v) is 11.6. The van der Waals surface area contributed by atoms with Crippen molar-refractivity contribution in [3.05, 3.63) is 78.4 Å². The van der Waals surface area contributed by atoms with Gasteiger partial charge in [0.25, 0.3) is 0 Å². The monoisotopic (exact) mass is 462 g/mol. The summed E-state index contributed by atoms with van der Waals surface area (Å²) in [4.78, 5) is 26.5. The fraction of sp³-hybridized carbons (Fsp3) is 0.231. The Morgan fingerprint density at radius 1 is 0.909 bits per heavy atom. The maximum Gasteiger partial charge on any atom is 0.242 e. The Labute approximate surface area is 197 Å². The summed E-state index contributed by atoms with van der Waals surface area (Å²) in [5, 5.41) is 5.44. The average Bonchev–Trinajstić information content (AvgIpc) is 3.69. The molecule has 1 fully saturated rings. The molecule has 0 radical (unpaired) electrons. The van der Waals surface area contributed by atoms with E-state index in [-0.39, 0.29) is 17.7 Å². The molecule has 0 bridgehead atoms. The molecule has 1 atom stereocenters. The predicted molar refractivity (Wildman–Crippen MR) is 131 cm³/mol. The minimum Gasteiger partial charge on any atom is -0.497 e. The molecule has 33 heavy (non-hydrogen) atoms. The van der Waals surface area contributed by atoms with E-state index >= 15 is 0 Å². The van der Waals surface area contributed by atoms with Gasteiger partial charge in [-0.1, -0.05) is 36.4 Å². The summed E-state index contributed by atoms with van der Waals surface area (Å²) in [5.74, 6) is 1.16. The molecule has 0 saturated heterocycles. The van der Waals surface area contributed by atoms with Gasteiger partial charge in [0.05, 0.1) is 19.9 Å². The first-order valence-electron chi connectivity index (χ1n) is 10.7. The molecular formula is C26H26N2O4S. The molecule has 0 heterocycles. The second-order valence-corrected chi connectivity index (χ2v) is 8.93. The van der Waals surface area contributed by atoms with Gasteiger partial charge < -0.3 is 20.1 Å². The molecular weight excluding hydrogens is 436 g/mol. The molecule has 1 unspecified atom stereocenters. The summed E-state index contributed by atoms with van der Waals surface area (Å²) < 4.78 is 10.7. The molecule has 2 amide bonds. The van der Waals surface area contributed by atoms with Crippen LogP contribution in [0, 0.1) is 5.92 Å². The zero-order valence-corrected chi connectivity index (χ0v) is 19.4. The average molecular weight is 463 g/mol. The smallest absolute Gasteiger partial charge is 0.242 e. The summed E-state index contributed by atoms with van der Waals surface area (Å²) in [6.07, 6.45) is 1.90. The topological polar surface area (TPSA) is 76.7 Å². The van der Waals surface area contributed by atoms with Gasteiger partial charge in [-0.05, 0) is 48.7 Å². The third kappa shape index (κ3) is 5.87. The zero-order chi connectivity index (χ0) is 23.2. The molecule has 4 rings (SSSR count). The van der Waals surface area contributed by atoms with Crippen LogP contribution in [0.3, 0.4) is 0 Å². The Balaban J connectivity index is 1.57. The van der Waals surface area contributed by atoms with E-state index in [4.69, 9.17) is 9.47 Å². The molecule has 3 aromatic carbocycles. The van der Waals surface area contributed by atoms with Gasteiger partial charge >= 0.3 is 0 Å². The van der Waals surface area contributed by atoms with Gasteiger partial charge in [-0.15, -0.1) is 11.8 Å². The Kier molecular flexibility index (Phi) is 7.19. The number of carbonyl (C=O) groups excluding carboxylic acids is 2. The van der Waals surface area contributed by atoms with Crippen LogP contribution in [0.4, 0.5) is 11.4 Å². The van der Waals surface area contributed by atoms with E-state index < -0.39 is 5.25 Å². The largest absolute Gasteiger partial charge is 0.497 e. The van der Waals surface area contributed by atoms with Gasteiger partial charge in [-0.25, -0.2) is 0 Å². The van der Waals surface area contributed by atoms with Gasteiger partial charge in [0.1, 0.15) is 16.7 Å². The van der Waals surface area contributed by atoms with E-state index in [1.54, 1.807) is 32.4 Å². The fourth-order valence-corrected chi connectivity index (χ4v) is 4.47. The third-order valence-electron chi connectivity index (χ3n) is 5.31. The lowest BCUT2D eigenvalue weighted by atomic mass is 10.1. The second-order valence-electron chi connectivity index (χ2n) is 7.76. The molecule has 0 spiro atoms. The normalized spacial score (nSPS) is 13.6. The molecule has 3 aromatic rings. The predicted octanol–water partition coefficient (Wildman–Crippen LogP) is 5.52. The number of rotatable bonds is 9. The molecule has 6 nitrogen and oxygen atoms in total. The third-order valence-corrected chi connectivity index (χ3v) is 6.56. The van der Waals surface area contributed by atoms with Crippen molar-refractivity contribution >= 4 is 35.0 Å². The van der Waals surface area contributed by atoms with E-state index in [0.29, 0.717) is 17.2 Å². The molecule has 1 aliphatic rings. The van der Waals surface area contributed by atoms with Gasteiger partial charge in [0.2, 0.25) is 11.8 Å². The highest BCUT2D eigenvalue weighted by molar-refractivity contribution is 8.00. The summed E-state index contributed by atoms with van der Waals surface area (Å²) >= 11 is 1.42. The Morgan fingerprint density at radius 3 is 2.39 bits per heavy atom. The van der Waals surface area contributed by atoms with Gasteiger partial charge in [-0.3, -0.25) is 9.59 Å². The van der Waals surface area contributed by atoms with Crippen molar-refractivity contribution in [2.24, 2.45) is 5.92 Å². The van der Waals surface area contributed by atoms with E-state index in [2.05, 4.69) is 10.6 Å². The van der Waals surface area contributed by atoms with Crippen molar-refractivity contribution in [1.29, 1.82) is 0 Å². The van der Waals surface area contributed by atoms with E-state index in [1.165, 1.54) is 11.8 Å². The standard InChI is InChI=1S/C26H26N2O4S/c1-31-20-13-14-23(32-2)22(16-20)28-26(30)24(17-7-4-3-5-8-17)33-21-10-6-9-19(15-21)27-25(29)18-11-12-18/h3-10,13-16,18,24H,11-12H2,1-2H3,(H,27,29)(H,28,30). The van der Waals surface area contributed by atoms with Gasteiger partial charge in [0.15, 0.2) is 0 Å². The second kappa shape index (κ2) is 10.4. The summed E-state index contributed by atoms with van der Waals surface area (Å²) in [5.41, 5.74) is 2.14. The summed E-state index contributed by atoms with van der Waals surface area (Å²) in [7, 11) is 3.13. The Bertz CT molecular complexity index is 1130. The number of hydrogen-bond donors (Lipinski definition) is 2. The molecule has 0 aromatic heterocycles. The first kappa shape index (κ1) is 22.7. The molecule has 170 valence electrons. The molecule has 1 aliphatic carbocycles. The van der Waals surface area contributed by atoms with Crippen LogP contribution in [0.5, 0.6) is 11.5 Å².